The van der Waals surface area contributed by atoms with Crippen molar-refractivity contribution < 1.29 is 0 Å². The fourth-order valence-corrected chi connectivity index (χ4v) is 2.07. The fourth-order valence-electron chi connectivity index (χ4n) is 2.07. The molecule has 0 radical (unpaired) electrons. The summed E-state index contributed by atoms with van der Waals surface area (Å²) in [6.07, 6.45) is 9.64. The number of nitrogens with two attached hydrogens (primary N) is 1. The Labute approximate surface area is 102 Å². The molecule has 0 amide bonds. The molecule has 0 aliphatic heterocycles. The number of pyridine rings is 1. The first kappa shape index (κ1) is 11.9. The van der Waals surface area contributed by atoms with E-state index in [1.165, 1.54) is 19.3 Å². The van der Waals surface area contributed by atoms with Crippen molar-refractivity contribution in [3.05, 3.63) is 24.5 Å². The quantitative estimate of drug-likeness (QED) is 0.314. The van der Waals surface area contributed by atoms with Crippen LogP contribution in [0.3, 0.4) is 0 Å². The van der Waals surface area contributed by atoms with Crippen LogP contribution in [0.25, 0.3) is 0 Å². The van der Waals surface area contributed by atoms with Gasteiger partial charge in [-0.2, -0.15) is 0 Å². The van der Waals surface area contributed by atoms with E-state index in [4.69, 9.17) is 5.84 Å². The van der Waals surface area contributed by atoms with Gasteiger partial charge in [-0.3, -0.25) is 10.4 Å². The molecule has 17 heavy (non-hydrogen) atoms. The van der Waals surface area contributed by atoms with Crippen LogP contribution < -0.4 is 16.6 Å². The van der Waals surface area contributed by atoms with E-state index in [1.54, 1.807) is 12.4 Å². The number of rotatable bonds is 2. The van der Waals surface area contributed by atoms with Crippen LogP contribution in [0, 0.1) is 0 Å². The van der Waals surface area contributed by atoms with Gasteiger partial charge in [0.25, 0.3) is 0 Å². The van der Waals surface area contributed by atoms with Crippen LogP contribution in [0.1, 0.15) is 32.1 Å². The third kappa shape index (κ3) is 3.71. The highest BCUT2D eigenvalue weighted by atomic mass is 15.3. The topological polar surface area (TPSA) is 75.3 Å². The summed E-state index contributed by atoms with van der Waals surface area (Å²) in [5.41, 5.74) is 3.50. The van der Waals surface area contributed by atoms with E-state index in [-0.39, 0.29) is 0 Å². The Morgan fingerprint density at radius 3 is 2.82 bits per heavy atom. The van der Waals surface area contributed by atoms with Gasteiger partial charge in [0.2, 0.25) is 5.96 Å². The van der Waals surface area contributed by atoms with Gasteiger partial charge in [-0.1, -0.05) is 19.3 Å². The third-order valence-corrected chi connectivity index (χ3v) is 2.95. The minimum absolute atomic E-state index is 0.388. The van der Waals surface area contributed by atoms with Gasteiger partial charge in [0.05, 0.1) is 17.9 Å². The second kappa shape index (κ2) is 6.20. The van der Waals surface area contributed by atoms with Gasteiger partial charge in [-0.15, -0.1) is 0 Å². The van der Waals surface area contributed by atoms with Gasteiger partial charge in [0.1, 0.15) is 0 Å². The standard InChI is InChI=1S/C12H19N5/c13-17-12(15-10-5-2-1-3-6-10)16-11-7-4-8-14-9-11/h4,7-10H,1-3,5-6,13H2,(H2,15,16,17). The minimum atomic E-state index is 0.388. The maximum atomic E-state index is 5.47. The lowest BCUT2D eigenvalue weighted by Gasteiger charge is -2.19. The molecule has 0 unspecified atom stereocenters. The molecule has 1 aliphatic carbocycles. The largest absolute Gasteiger partial charge is 0.324 e. The summed E-state index contributed by atoms with van der Waals surface area (Å²) in [5, 5.41) is 3.13. The Balaban J connectivity index is 1.98. The summed E-state index contributed by atoms with van der Waals surface area (Å²) < 4.78 is 0. The van der Waals surface area contributed by atoms with Crippen LogP contribution in [-0.2, 0) is 0 Å². The average molecular weight is 233 g/mol. The average Bonchev–Trinajstić information content (AvgIpc) is 2.40. The molecule has 2 rings (SSSR count). The van der Waals surface area contributed by atoms with E-state index in [1.807, 2.05) is 12.1 Å². The predicted molar refractivity (Wildman–Crippen MR) is 69.5 cm³/mol. The van der Waals surface area contributed by atoms with Crippen molar-refractivity contribution in [2.45, 2.75) is 38.1 Å². The SMILES string of the molecule is NNC(=NC1CCCCC1)Nc1cccnc1. The van der Waals surface area contributed by atoms with E-state index < -0.39 is 0 Å². The molecule has 4 N–H and O–H groups in total. The summed E-state index contributed by atoms with van der Waals surface area (Å²) >= 11 is 0. The van der Waals surface area contributed by atoms with Crippen molar-refractivity contribution in [3.8, 4) is 0 Å². The smallest absolute Gasteiger partial charge is 0.210 e. The number of nitrogens with one attached hydrogen (secondary N) is 2. The zero-order chi connectivity index (χ0) is 11.9. The summed E-state index contributed by atoms with van der Waals surface area (Å²) in [6, 6.07) is 4.19. The number of anilines is 1. The molecule has 0 aromatic carbocycles. The molecule has 1 saturated carbocycles. The van der Waals surface area contributed by atoms with Crippen molar-refractivity contribution in [2.75, 3.05) is 5.32 Å². The van der Waals surface area contributed by atoms with Crippen LogP contribution >= 0.6 is 0 Å². The number of aromatic nitrogens is 1. The van der Waals surface area contributed by atoms with Crippen LogP contribution in [-0.4, -0.2) is 17.0 Å². The Bertz CT molecular complexity index is 356. The Hall–Kier alpha value is -1.62. The normalized spacial score (nSPS) is 17.8. The molecule has 1 fully saturated rings. The summed E-state index contributed by atoms with van der Waals surface area (Å²) in [7, 11) is 0. The molecule has 0 bridgehead atoms. The van der Waals surface area contributed by atoms with Crippen molar-refractivity contribution >= 4 is 11.6 Å². The van der Waals surface area contributed by atoms with Gasteiger partial charge in [-0.05, 0) is 25.0 Å². The van der Waals surface area contributed by atoms with Gasteiger partial charge in [0, 0.05) is 6.20 Å². The van der Waals surface area contributed by atoms with Crippen molar-refractivity contribution in [1.82, 2.24) is 10.4 Å². The first-order valence-electron chi connectivity index (χ1n) is 6.10. The molecule has 0 atom stereocenters. The highest BCUT2D eigenvalue weighted by Crippen LogP contribution is 2.20. The highest BCUT2D eigenvalue weighted by Gasteiger charge is 2.12. The molecule has 1 aromatic heterocycles. The molecule has 5 nitrogen and oxygen atoms in total. The van der Waals surface area contributed by atoms with E-state index in [9.17, 15) is 0 Å². The number of guanidine groups is 1. The van der Waals surface area contributed by atoms with Gasteiger partial charge >= 0.3 is 0 Å². The number of hydrogen-bond donors (Lipinski definition) is 3. The molecule has 0 spiro atoms. The summed E-state index contributed by atoms with van der Waals surface area (Å²) in [6.45, 7) is 0. The fraction of sp³-hybridized carbons (Fsp3) is 0.500. The molecular weight excluding hydrogens is 214 g/mol. The molecule has 1 aromatic rings. The Kier molecular flexibility index (Phi) is 4.32. The first-order valence-corrected chi connectivity index (χ1v) is 6.10. The van der Waals surface area contributed by atoms with Gasteiger partial charge in [-0.25, -0.2) is 10.8 Å². The van der Waals surface area contributed by atoms with Crippen LogP contribution in [0.4, 0.5) is 5.69 Å². The van der Waals surface area contributed by atoms with E-state index in [2.05, 4.69) is 20.7 Å². The monoisotopic (exact) mass is 233 g/mol. The number of hydrogen-bond acceptors (Lipinski definition) is 3. The third-order valence-electron chi connectivity index (χ3n) is 2.95. The maximum absolute atomic E-state index is 5.47. The predicted octanol–water partition coefficient (Wildman–Crippen LogP) is 1.65. The highest BCUT2D eigenvalue weighted by molar-refractivity contribution is 5.93. The molecule has 1 heterocycles. The van der Waals surface area contributed by atoms with E-state index >= 15 is 0 Å². The molecule has 1 aliphatic rings. The Morgan fingerprint density at radius 1 is 1.35 bits per heavy atom. The Morgan fingerprint density at radius 2 is 2.18 bits per heavy atom. The summed E-state index contributed by atoms with van der Waals surface area (Å²) in [5.74, 6) is 6.09. The van der Waals surface area contributed by atoms with E-state index in [0.717, 1.165) is 18.5 Å². The molecule has 0 saturated heterocycles. The van der Waals surface area contributed by atoms with Crippen molar-refractivity contribution in [3.63, 3.8) is 0 Å². The molecule has 5 heteroatoms. The number of nitrogens with zero attached hydrogens (tertiary/aromatic N) is 2. The van der Waals surface area contributed by atoms with Crippen molar-refractivity contribution in [2.24, 2.45) is 10.8 Å². The molecule has 92 valence electrons. The number of hydrazine groups is 1. The second-order valence-corrected chi connectivity index (χ2v) is 4.28. The zero-order valence-electron chi connectivity index (χ0n) is 9.89. The van der Waals surface area contributed by atoms with Crippen LogP contribution in [0.15, 0.2) is 29.5 Å². The lowest BCUT2D eigenvalue weighted by molar-refractivity contribution is 0.442. The van der Waals surface area contributed by atoms with Crippen LogP contribution in [0.2, 0.25) is 0 Å². The lowest BCUT2D eigenvalue weighted by Crippen LogP contribution is -2.37. The second-order valence-electron chi connectivity index (χ2n) is 4.28. The summed E-state index contributed by atoms with van der Waals surface area (Å²) in [4.78, 5) is 8.62. The van der Waals surface area contributed by atoms with E-state index in [0.29, 0.717) is 12.0 Å². The van der Waals surface area contributed by atoms with Gasteiger partial charge in [0.15, 0.2) is 0 Å². The van der Waals surface area contributed by atoms with Gasteiger partial charge < -0.3 is 5.32 Å². The lowest BCUT2D eigenvalue weighted by atomic mass is 9.96. The number of aliphatic imine (C=N–C) groups is 1. The first-order chi connectivity index (χ1) is 8.38. The minimum Gasteiger partial charge on any atom is -0.324 e. The van der Waals surface area contributed by atoms with Crippen molar-refractivity contribution in [1.29, 1.82) is 0 Å². The maximum Gasteiger partial charge on any atom is 0.210 e. The zero-order valence-corrected chi connectivity index (χ0v) is 9.89. The molecular formula is C12H19N5. The van der Waals surface area contributed by atoms with Crippen LogP contribution in [0.5, 0.6) is 0 Å².